The molecule has 0 aromatic heterocycles. The molecule has 0 bridgehead atoms. The minimum atomic E-state index is -1.36. The lowest BCUT2D eigenvalue weighted by molar-refractivity contribution is -0.117. The minimum absolute atomic E-state index is 0.0548. The molecule has 6 nitrogen and oxygen atoms in total. The molecule has 0 radical (unpaired) electrons. The predicted octanol–water partition coefficient (Wildman–Crippen LogP) is 6.59. The maximum Gasteiger partial charge on any atom is 0.272 e. The van der Waals surface area contributed by atoms with Gasteiger partial charge in [-0.1, -0.05) is 53.0 Å². The molecule has 186 valence electrons. The molecule has 0 saturated heterocycles. The summed E-state index contributed by atoms with van der Waals surface area (Å²) in [5, 5.41) is 4.71. The highest BCUT2D eigenvalue weighted by molar-refractivity contribution is 6.53. The summed E-state index contributed by atoms with van der Waals surface area (Å²) in [5.74, 6) is -2.80. The molecule has 3 aromatic rings. The number of hydrogen-bond donors (Lipinski definition) is 2. The second kappa shape index (κ2) is 10.5. The van der Waals surface area contributed by atoms with E-state index in [4.69, 9.17) is 58.0 Å². The Bertz CT molecular complexity index is 1330. The summed E-state index contributed by atoms with van der Waals surface area (Å²) in [5.41, 5.74) is 3.87. The van der Waals surface area contributed by atoms with Crippen molar-refractivity contribution in [1.82, 2.24) is 10.4 Å². The van der Waals surface area contributed by atoms with Gasteiger partial charge in [-0.2, -0.15) is 0 Å². The predicted molar refractivity (Wildman–Crippen MR) is 143 cm³/mol. The summed E-state index contributed by atoms with van der Waals surface area (Å²) in [6.07, 6.45) is 0. The zero-order valence-corrected chi connectivity index (χ0v) is 22.3. The number of hydrazine groups is 1. The molecular weight excluding hydrogens is 568 g/mol. The summed E-state index contributed by atoms with van der Waals surface area (Å²) < 4.78 is -1.36. The van der Waals surface area contributed by atoms with Crippen molar-refractivity contribution in [2.24, 2.45) is 5.92 Å². The van der Waals surface area contributed by atoms with Gasteiger partial charge in [0, 0.05) is 34.3 Å². The van der Waals surface area contributed by atoms with Gasteiger partial charge in [0.15, 0.2) is 0 Å². The number of carbonyl (C=O) groups is 3. The third kappa shape index (κ3) is 5.58. The largest absolute Gasteiger partial charge is 0.326 e. The lowest BCUT2D eigenvalue weighted by Crippen LogP contribution is -2.43. The SMILES string of the molecule is CN(NC(=O)c1cc(NC(=O)[C@H]2[C@H](c3cc(Cl)cc(Cl)c3)C2(Cl)Cl)ccc1Cl)C(=O)c1ccccc1. The van der Waals surface area contributed by atoms with Crippen LogP contribution in [0.5, 0.6) is 0 Å². The third-order valence-corrected chi connectivity index (χ3v) is 7.36. The van der Waals surface area contributed by atoms with Gasteiger partial charge in [0.25, 0.3) is 11.8 Å². The number of nitrogens with zero attached hydrogens (tertiary/aromatic N) is 1. The maximum atomic E-state index is 13.0. The Morgan fingerprint density at radius 3 is 2.17 bits per heavy atom. The summed E-state index contributed by atoms with van der Waals surface area (Å²) in [6, 6.07) is 17.7. The van der Waals surface area contributed by atoms with E-state index in [1.54, 1.807) is 48.5 Å². The van der Waals surface area contributed by atoms with Crippen LogP contribution in [0.2, 0.25) is 15.1 Å². The van der Waals surface area contributed by atoms with Crippen molar-refractivity contribution in [3.63, 3.8) is 0 Å². The molecule has 2 atom stereocenters. The van der Waals surface area contributed by atoms with Crippen molar-refractivity contribution in [3.05, 3.63) is 98.5 Å². The highest BCUT2D eigenvalue weighted by Crippen LogP contribution is 2.65. The Morgan fingerprint density at radius 2 is 1.53 bits per heavy atom. The van der Waals surface area contributed by atoms with Crippen LogP contribution in [-0.2, 0) is 4.79 Å². The standard InChI is InChI=1S/C25H18Cl5N3O3/c1-33(24(36)13-5-3-2-4-6-13)32-22(34)18-12-17(7-8-19(18)28)31-23(35)21-20(25(21,29)30)14-9-15(26)11-16(27)10-14/h2-12,20-21H,1H3,(H,31,35)(H,32,34)/t20-,21+/m0/s1. The van der Waals surface area contributed by atoms with E-state index < -0.39 is 33.9 Å². The second-order valence-corrected chi connectivity index (χ2v) is 10.9. The summed E-state index contributed by atoms with van der Waals surface area (Å²) >= 11 is 31.2. The van der Waals surface area contributed by atoms with Crippen molar-refractivity contribution in [1.29, 1.82) is 0 Å². The van der Waals surface area contributed by atoms with Crippen LogP contribution in [0, 0.1) is 5.92 Å². The van der Waals surface area contributed by atoms with Gasteiger partial charge in [0.2, 0.25) is 5.91 Å². The van der Waals surface area contributed by atoms with E-state index in [2.05, 4.69) is 10.7 Å². The number of hydrogen-bond acceptors (Lipinski definition) is 3. The van der Waals surface area contributed by atoms with Crippen LogP contribution in [0.3, 0.4) is 0 Å². The fourth-order valence-electron chi connectivity index (χ4n) is 3.86. The van der Waals surface area contributed by atoms with Crippen molar-refractivity contribution in [3.8, 4) is 0 Å². The fraction of sp³-hybridized carbons (Fsp3) is 0.160. The Kier molecular flexibility index (Phi) is 7.74. The third-order valence-electron chi connectivity index (χ3n) is 5.65. The molecule has 0 aliphatic heterocycles. The number of alkyl halides is 2. The zero-order chi connectivity index (χ0) is 26.2. The van der Waals surface area contributed by atoms with Crippen molar-refractivity contribution >= 4 is 81.4 Å². The summed E-state index contributed by atoms with van der Waals surface area (Å²) in [4.78, 5) is 38.4. The van der Waals surface area contributed by atoms with Crippen molar-refractivity contribution < 1.29 is 14.4 Å². The Balaban J connectivity index is 1.47. The minimum Gasteiger partial charge on any atom is -0.326 e. The van der Waals surface area contributed by atoms with Crippen LogP contribution in [0.1, 0.15) is 32.2 Å². The Morgan fingerprint density at radius 1 is 0.889 bits per heavy atom. The number of anilines is 1. The van der Waals surface area contributed by atoms with E-state index in [-0.39, 0.29) is 10.6 Å². The molecule has 0 spiro atoms. The van der Waals surface area contributed by atoms with Gasteiger partial charge in [-0.15, -0.1) is 23.2 Å². The van der Waals surface area contributed by atoms with Gasteiger partial charge in [0.1, 0.15) is 4.33 Å². The fourth-order valence-corrected chi connectivity index (χ4v) is 5.43. The highest BCUT2D eigenvalue weighted by atomic mass is 35.5. The van der Waals surface area contributed by atoms with E-state index in [0.717, 1.165) is 5.01 Å². The molecule has 4 rings (SSSR count). The number of carbonyl (C=O) groups excluding carboxylic acids is 3. The quantitative estimate of drug-likeness (QED) is 0.262. The van der Waals surface area contributed by atoms with Crippen LogP contribution >= 0.6 is 58.0 Å². The summed E-state index contributed by atoms with van der Waals surface area (Å²) in [6.45, 7) is 0. The van der Waals surface area contributed by atoms with Crippen molar-refractivity contribution in [2.45, 2.75) is 10.3 Å². The molecule has 1 fully saturated rings. The van der Waals surface area contributed by atoms with Crippen LogP contribution in [0.4, 0.5) is 5.69 Å². The molecule has 1 aliphatic carbocycles. The first-order valence-corrected chi connectivity index (χ1v) is 12.5. The van der Waals surface area contributed by atoms with E-state index in [1.807, 2.05) is 0 Å². The number of nitrogens with one attached hydrogen (secondary N) is 2. The van der Waals surface area contributed by atoms with Crippen LogP contribution in [0.25, 0.3) is 0 Å². The van der Waals surface area contributed by atoms with Crippen LogP contribution < -0.4 is 10.7 Å². The zero-order valence-electron chi connectivity index (χ0n) is 18.6. The Hall–Kier alpha value is -2.48. The lowest BCUT2D eigenvalue weighted by Gasteiger charge is -2.19. The monoisotopic (exact) mass is 583 g/mol. The molecule has 3 aromatic carbocycles. The van der Waals surface area contributed by atoms with Crippen LogP contribution in [-0.4, -0.2) is 34.1 Å². The molecular formula is C25H18Cl5N3O3. The maximum absolute atomic E-state index is 13.0. The van der Waals surface area contributed by atoms with Gasteiger partial charge in [-0.25, -0.2) is 0 Å². The molecule has 11 heteroatoms. The average molecular weight is 586 g/mol. The van der Waals surface area contributed by atoms with Gasteiger partial charge in [-0.3, -0.25) is 24.8 Å². The molecule has 0 unspecified atom stereocenters. The molecule has 0 heterocycles. The number of rotatable bonds is 5. The second-order valence-electron chi connectivity index (χ2n) is 8.19. The number of benzene rings is 3. The van der Waals surface area contributed by atoms with E-state index in [9.17, 15) is 14.4 Å². The van der Waals surface area contributed by atoms with E-state index >= 15 is 0 Å². The average Bonchev–Trinajstić information content (AvgIpc) is 3.41. The smallest absolute Gasteiger partial charge is 0.272 e. The molecule has 3 amide bonds. The molecule has 36 heavy (non-hydrogen) atoms. The molecule has 1 saturated carbocycles. The van der Waals surface area contributed by atoms with Gasteiger partial charge in [0.05, 0.1) is 16.5 Å². The topological polar surface area (TPSA) is 78.5 Å². The molecule has 2 N–H and O–H groups in total. The first-order chi connectivity index (χ1) is 17.0. The number of amides is 3. The van der Waals surface area contributed by atoms with Gasteiger partial charge >= 0.3 is 0 Å². The Labute approximate surface area is 232 Å². The highest BCUT2D eigenvalue weighted by Gasteiger charge is 2.67. The van der Waals surface area contributed by atoms with Gasteiger partial charge in [-0.05, 0) is 54.1 Å². The van der Waals surface area contributed by atoms with E-state index in [1.165, 1.54) is 25.2 Å². The molecule has 1 aliphatic rings. The van der Waals surface area contributed by atoms with Crippen molar-refractivity contribution in [2.75, 3.05) is 12.4 Å². The first kappa shape index (κ1) is 26.6. The van der Waals surface area contributed by atoms with Gasteiger partial charge < -0.3 is 5.32 Å². The number of halogens is 5. The first-order valence-electron chi connectivity index (χ1n) is 10.6. The summed E-state index contributed by atoms with van der Waals surface area (Å²) in [7, 11) is 1.42. The van der Waals surface area contributed by atoms with Crippen LogP contribution in [0.15, 0.2) is 66.7 Å². The normalized spacial score (nSPS) is 17.7. The van der Waals surface area contributed by atoms with E-state index in [0.29, 0.717) is 26.9 Å². The lowest BCUT2D eigenvalue weighted by atomic mass is 10.1.